The first-order valence-corrected chi connectivity index (χ1v) is 6.43. The maximum absolute atomic E-state index is 9.42. The quantitative estimate of drug-likeness (QED) is 0.675. The van der Waals surface area contributed by atoms with Gasteiger partial charge in [0.1, 0.15) is 11.5 Å². The second-order valence-corrected chi connectivity index (χ2v) is 4.83. The number of hydrogen-bond acceptors (Lipinski definition) is 3. The Bertz CT molecular complexity index is 565. The molecule has 2 aromatic rings. The summed E-state index contributed by atoms with van der Waals surface area (Å²) < 4.78 is 5.89. The van der Waals surface area contributed by atoms with Crippen molar-refractivity contribution in [2.45, 2.75) is 0 Å². The SMILES string of the molecule is COc1ccc(N=Cc2ccc(O)c(I)c2)cc1. The average Bonchev–Trinajstić information content (AvgIpc) is 2.41. The van der Waals surface area contributed by atoms with Crippen molar-refractivity contribution in [3.63, 3.8) is 0 Å². The van der Waals surface area contributed by atoms with Crippen molar-refractivity contribution in [2.75, 3.05) is 7.11 Å². The standard InChI is InChI=1S/C14H12INO2/c1-18-12-5-3-11(4-6-12)16-9-10-2-7-14(17)13(15)8-10/h2-9,17H,1H3. The molecule has 0 aliphatic heterocycles. The van der Waals surface area contributed by atoms with Crippen LogP contribution in [0.5, 0.6) is 11.5 Å². The summed E-state index contributed by atoms with van der Waals surface area (Å²) in [6.45, 7) is 0. The minimum atomic E-state index is 0.289. The predicted octanol–water partition coefficient (Wildman–Crippen LogP) is 3.76. The topological polar surface area (TPSA) is 41.8 Å². The number of rotatable bonds is 3. The van der Waals surface area contributed by atoms with E-state index in [9.17, 15) is 5.11 Å². The summed E-state index contributed by atoms with van der Waals surface area (Å²) >= 11 is 2.09. The molecule has 3 nitrogen and oxygen atoms in total. The number of nitrogens with zero attached hydrogens (tertiary/aromatic N) is 1. The maximum Gasteiger partial charge on any atom is 0.128 e. The molecule has 0 spiro atoms. The van der Waals surface area contributed by atoms with Gasteiger partial charge in [-0.2, -0.15) is 0 Å². The van der Waals surface area contributed by atoms with Crippen LogP contribution in [0.2, 0.25) is 0 Å². The van der Waals surface area contributed by atoms with Crippen molar-refractivity contribution in [3.05, 3.63) is 51.6 Å². The molecule has 0 unspecified atom stereocenters. The number of halogens is 1. The van der Waals surface area contributed by atoms with E-state index in [0.29, 0.717) is 0 Å². The second kappa shape index (κ2) is 5.86. The van der Waals surface area contributed by atoms with Crippen LogP contribution in [0.4, 0.5) is 5.69 Å². The van der Waals surface area contributed by atoms with E-state index >= 15 is 0 Å². The van der Waals surface area contributed by atoms with E-state index in [4.69, 9.17) is 4.74 Å². The fourth-order valence-electron chi connectivity index (χ4n) is 1.42. The highest BCUT2D eigenvalue weighted by Crippen LogP contribution is 2.21. The van der Waals surface area contributed by atoms with Gasteiger partial charge < -0.3 is 9.84 Å². The fraction of sp³-hybridized carbons (Fsp3) is 0.0714. The van der Waals surface area contributed by atoms with Crippen LogP contribution in [0.15, 0.2) is 47.5 Å². The lowest BCUT2D eigenvalue weighted by atomic mass is 10.2. The maximum atomic E-state index is 9.42. The zero-order valence-electron chi connectivity index (χ0n) is 9.80. The van der Waals surface area contributed by atoms with E-state index in [-0.39, 0.29) is 5.75 Å². The van der Waals surface area contributed by atoms with Crippen LogP contribution < -0.4 is 4.74 Å². The molecule has 0 saturated carbocycles. The Morgan fingerprint density at radius 1 is 1.17 bits per heavy atom. The van der Waals surface area contributed by atoms with Crippen LogP contribution in [0, 0.1) is 3.57 Å². The van der Waals surface area contributed by atoms with Gasteiger partial charge in [-0.15, -0.1) is 0 Å². The summed E-state index contributed by atoms with van der Waals surface area (Å²) in [4.78, 5) is 4.36. The van der Waals surface area contributed by atoms with E-state index in [2.05, 4.69) is 27.6 Å². The van der Waals surface area contributed by atoms with Gasteiger partial charge in [0, 0.05) is 6.21 Å². The molecule has 4 heteroatoms. The first-order valence-electron chi connectivity index (χ1n) is 5.35. The molecule has 0 radical (unpaired) electrons. The summed E-state index contributed by atoms with van der Waals surface area (Å²) in [7, 11) is 1.64. The Hall–Kier alpha value is -1.56. The van der Waals surface area contributed by atoms with Crippen LogP contribution in [0.1, 0.15) is 5.56 Å². The summed E-state index contributed by atoms with van der Waals surface area (Å²) in [5, 5.41) is 9.42. The van der Waals surface area contributed by atoms with Gasteiger partial charge in [0.05, 0.1) is 16.4 Å². The molecule has 0 amide bonds. The summed E-state index contributed by atoms with van der Waals surface area (Å²) in [5.41, 5.74) is 1.81. The summed E-state index contributed by atoms with van der Waals surface area (Å²) in [6, 6.07) is 12.9. The van der Waals surface area contributed by atoms with Crippen molar-refractivity contribution in [2.24, 2.45) is 4.99 Å². The van der Waals surface area contributed by atoms with Crippen molar-refractivity contribution in [1.82, 2.24) is 0 Å². The Morgan fingerprint density at radius 2 is 1.89 bits per heavy atom. The van der Waals surface area contributed by atoms with E-state index in [1.54, 1.807) is 19.4 Å². The number of benzene rings is 2. The number of phenolic OH excluding ortho intramolecular Hbond substituents is 1. The third-order valence-electron chi connectivity index (χ3n) is 2.41. The highest BCUT2D eigenvalue weighted by Gasteiger charge is 1.97. The lowest BCUT2D eigenvalue weighted by Gasteiger charge is -2.00. The predicted molar refractivity (Wildman–Crippen MR) is 81.1 cm³/mol. The number of phenols is 1. The zero-order valence-corrected chi connectivity index (χ0v) is 12.0. The molecule has 0 aliphatic rings. The van der Waals surface area contributed by atoms with E-state index in [0.717, 1.165) is 20.6 Å². The molecule has 0 saturated heterocycles. The fourth-order valence-corrected chi connectivity index (χ4v) is 1.96. The third kappa shape index (κ3) is 3.22. The molecule has 2 rings (SSSR count). The van der Waals surface area contributed by atoms with Gasteiger partial charge in [0.25, 0.3) is 0 Å². The first kappa shape index (κ1) is 12.9. The molecular formula is C14H12INO2. The zero-order chi connectivity index (χ0) is 13.0. The molecule has 0 aliphatic carbocycles. The highest BCUT2D eigenvalue weighted by molar-refractivity contribution is 14.1. The first-order chi connectivity index (χ1) is 8.69. The number of aromatic hydroxyl groups is 1. The van der Waals surface area contributed by atoms with Gasteiger partial charge in [0.2, 0.25) is 0 Å². The molecule has 18 heavy (non-hydrogen) atoms. The van der Waals surface area contributed by atoms with Gasteiger partial charge in [-0.05, 0) is 70.6 Å². The van der Waals surface area contributed by atoms with Crippen molar-refractivity contribution >= 4 is 34.5 Å². The molecule has 0 heterocycles. The Labute approximate surface area is 119 Å². The van der Waals surface area contributed by atoms with Crippen LogP contribution in [-0.2, 0) is 0 Å². The van der Waals surface area contributed by atoms with Gasteiger partial charge in [-0.25, -0.2) is 0 Å². The van der Waals surface area contributed by atoms with Gasteiger partial charge in [0.15, 0.2) is 0 Å². The smallest absolute Gasteiger partial charge is 0.128 e. The number of methoxy groups -OCH3 is 1. The lowest BCUT2D eigenvalue weighted by Crippen LogP contribution is -1.83. The average molecular weight is 353 g/mol. The Kier molecular flexibility index (Phi) is 4.19. The van der Waals surface area contributed by atoms with Gasteiger partial charge >= 0.3 is 0 Å². The van der Waals surface area contributed by atoms with Crippen molar-refractivity contribution in [3.8, 4) is 11.5 Å². The van der Waals surface area contributed by atoms with E-state index < -0.39 is 0 Å². The molecule has 2 aromatic carbocycles. The normalized spacial score (nSPS) is 10.8. The summed E-state index contributed by atoms with van der Waals surface area (Å²) in [5.74, 6) is 1.10. The van der Waals surface area contributed by atoms with Gasteiger partial charge in [-0.3, -0.25) is 4.99 Å². The van der Waals surface area contributed by atoms with Crippen LogP contribution in [0.3, 0.4) is 0 Å². The molecule has 0 atom stereocenters. The highest BCUT2D eigenvalue weighted by atomic mass is 127. The van der Waals surface area contributed by atoms with Gasteiger partial charge in [-0.1, -0.05) is 0 Å². The van der Waals surface area contributed by atoms with Crippen molar-refractivity contribution < 1.29 is 9.84 Å². The molecule has 0 fully saturated rings. The van der Waals surface area contributed by atoms with Crippen LogP contribution in [-0.4, -0.2) is 18.4 Å². The number of ether oxygens (including phenoxy) is 1. The molecule has 1 N–H and O–H groups in total. The Balaban J connectivity index is 2.16. The minimum Gasteiger partial charge on any atom is -0.507 e. The van der Waals surface area contributed by atoms with E-state index in [1.165, 1.54) is 0 Å². The summed E-state index contributed by atoms with van der Waals surface area (Å²) in [6.07, 6.45) is 1.77. The van der Waals surface area contributed by atoms with Crippen molar-refractivity contribution in [1.29, 1.82) is 0 Å². The minimum absolute atomic E-state index is 0.289. The largest absolute Gasteiger partial charge is 0.507 e. The monoisotopic (exact) mass is 353 g/mol. The second-order valence-electron chi connectivity index (χ2n) is 3.67. The molecular weight excluding hydrogens is 341 g/mol. The molecule has 0 aromatic heterocycles. The number of hydrogen-bond donors (Lipinski definition) is 1. The molecule has 92 valence electrons. The number of aliphatic imine (C=N–C) groups is 1. The molecule has 0 bridgehead atoms. The Morgan fingerprint density at radius 3 is 2.50 bits per heavy atom. The lowest BCUT2D eigenvalue weighted by molar-refractivity contribution is 0.415. The van der Waals surface area contributed by atoms with Crippen LogP contribution >= 0.6 is 22.6 Å². The van der Waals surface area contributed by atoms with E-state index in [1.807, 2.05) is 36.4 Å². The third-order valence-corrected chi connectivity index (χ3v) is 3.27. The van der Waals surface area contributed by atoms with Crippen LogP contribution in [0.25, 0.3) is 0 Å².